The molecule has 7 nitrogen and oxygen atoms in total. The van der Waals surface area contributed by atoms with Crippen LogP contribution in [-0.2, 0) is 0 Å². The number of piperidine rings is 1. The fourth-order valence-electron chi connectivity index (χ4n) is 2.39. The van der Waals surface area contributed by atoms with Gasteiger partial charge in [0.15, 0.2) is 0 Å². The van der Waals surface area contributed by atoms with Crippen molar-refractivity contribution in [2.45, 2.75) is 18.9 Å². The third-order valence-corrected chi connectivity index (χ3v) is 3.36. The monoisotopic (exact) mass is 262 g/mol. The van der Waals surface area contributed by atoms with E-state index in [0.29, 0.717) is 23.5 Å². The number of nitro groups is 1. The largest absolute Gasteiger partial charge is 0.391 e. The molecule has 2 N–H and O–H groups in total. The minimum atomic E-state index is -0.426. The fourth-order valence-corrected chi connectivity index (χ4v) is 2.39. The Morgan fingerprint density at radius 1 is 1.53 bits per heavy atom. The average Bonchev–Trinajstić information content (AvgIpc) is 2.81. The number of aliphatic hydroxyl groups is 1. The van der Waals surface area contributed by atoms with Crippen molar-refractivity contribution in [1.29, 1.82) is 0 Å². The molecule has 1 atom stereocenters. The summed E-state index contributed by atoms with van der Waals surface area (Å²) in [7, 11) is 0. The lowest BCUT2D eigenvalue weighted by Crippen LogP contribution is -2.38. The number of non-ortho nitro benzene ring substituents is 1. The molecule has 1 aliphatic rings. The number of imidazole rings is 1. The molecule has 2 aromatic rings. The van der Waals surface area contributed by atoms with Crippen molar-refractivity contribution in [2.75, 3.05) is 18.0 Å². The van der Waals surface area contributed by atoms with Crippen LogP contribution in [0, 0.1) is 10.1 Å². The number of nitrogens with zero attached hydrogens (tertiary/aromatic N) is 3. The third kappa shape index (κ3) is 2.24. The van der Waals surface area contributed by atoms with E-state index >= 15 is 0 Å². The van der Waals surface area contributed by atoms with E-state index in [1.54, 1.807) is 6.07 Å². The zero-order chi connectivity index (χ0) is 13.4. The predicted octanol–water partition coefficient (Wildman–Crippen LogP) is 1.43. The lowest BCUT2D eigenvalue weighted by Gasteiger charge is -2.29. The van der Waals surface area contributed by atoms with Crippen LogP contribution in [-0.4, -0.2) is 39.2 Å². The molecule has 0 spiro atoms. The highest BCUT2D eigenvalue weighted by Gasteiger charge is 2.20. The van der Waals surface area contributed by atoms with Crippen LogP contribution in [0.5, 0.6) is 0 Å². The number of anilines is 1. The summed E-state index contributed by atoms with van der Waals surface area (Å²) in [5, 5.41) is 20.4. The van der Waals surface area contributed by atoms with Gasteiger partial charge in [-0.2, -0.15) is 0 Å². The van der Waals surface area contributed by atoms with E-state index < -0.39 is 4.92 Å². The Hall–Kier alpha value is -2.15. The molecule has 0 unspecified atom stereocenters. The molecule has 100 valence electrons. The Balaban J connectivity index is 1.94. The number of fused-ring (bicyclic) bond motifs is 1. The Labute approximate surface area is 109 Å². The van der Waals surface area contributed by atoms with Crippen LogP contribution >= 0.6 is 0 Å². The lowest BCUT2D eigenvalue weighted by molar-refractivity contribution is -0.384. The zero-order valence-corrected chi connectivity index (χ0v) is 10.2. The normalized spacial score (nSPS) is 19.8. The number of benzene rings is 1. The summed E-state index contributed by atoms with van der Waals surface area (Å²) in [4.78, 5) is 19.8. The number of nitro benzene ring substituents is 1. The average molecular weight is 262 g/mol. The second-order valence-corrected chi connectivity index (χ2v) is 4.76. The SMILES string of the molecule is O=[N+]([O-])c1ccc2nc(N3CCC[C@H](O)C3)[nH]c2c1. The van der Waals surface area contributed by atoms with Gasteiger partial charge in [0.1, 0.15) is 0 Å². The van der Waals surface area contributed by atoms with E-state index in [9.17, 15) is 15.2 Å². The van der Waals surface area contributed by atoms with Crippen LogP contribution in [0.25, 0.3) is 11.0 Å². The van der Waals surface area contributed by atoms with Crippen molar-refractivity contribution in [3.8, 4) is 0 Å². The molecule has 0 saturated carbocycles. The molecule has 1 aromatic carbocycles. The number of hydrogen-bond acceptors (Lipinski definition) is 5. The van der Waals surface area contributed by atoms with Crippen molar-refractivity contribution in [3.63, 3.8) is 0 Å². The van der Waals surface area contributed by atoms with E-state index in [1.807, 2.05) is 4.90 Å². The van der Waals surface area contributed by atoms with Gasteiger partial charge < -0.3 is 15.0 Å². The zero-order valence-electron chi connectivity index (χ0n) is 10.2. The first kappa shape index (κ1) is 11.9. The molecule has 1 saturated heterocycles. The second-order valence-electron chi connectivity index (χ2n) is 4.76. The van der Waals surface area contributed by atoms with Gasteiger partial charge in [-0.25, -0.2) is 4.98 Å². The van der Waals surface area contributed by atoms with Gasteiger partial charge in [0, 0.05) is 25.2 Å². The Morgan fingerprint density at radius 3 is 3.11 bits per heavy atom. The number of β-amino-alcohol motifs (C(OH)–C–C–N with tert-alkyl or cyclic N) is 1. The molecule has 3 rings (SSSR count). The van der Waals surface area contributed by atoms with E-state index in [2.05, 4.69) is 9.97 Å². The number of nitrogens with one attached hydrogen (secondary N) is 1. The van der Waals surface area contributed by atoms with E-state index in [1.165, 1.54) is 12.1 Å². The van der Waals surface area contributed by atoms with Gasteiger partial charge in [-0.1, -0.05) is 0 Å². The molecule has 7 heteroatoms. The maximum atomic E-state index is 10.7. The first-order valence-corrected chi connectivity index (χ1v) is 6.20. The number of aromatic nitrogens is 2. The molecule has 0 bridgehead atoms. The molecule has 0 aliphatic carbocycles. The molecule has 19 heavy (non-hydrogen) atoms. The summed E-state index contributed by atoms with van der Waals surface area (Å²) < 4.78 is 0. The van der Waals surface area contributed by atoms with Gasteiger partial charge in [-0.05, 0) is 18.9 Å². The molecule has 1 aliphatic heterocycles. The van der Waals surface area contributed by atoms with Crippen molar-refractivity contribution >= 4 is 22.7 Å². The predicted molar refractivity (Wildman–Crippen MR) is 70.2 cm³/mol. The standard InChI is InChI=1S/C12H14N4O3/c17-9-2-1-5-15(7-9)12-13-10-4-3-8(16(18)19)6-11(10)14-12/h3-4,6,9,17H,1-2,5,7H2,(H,13,14)/t9-/m0/s1. The van der Waals surface area contributed by atoms with Gasteiger partial charge >= 0.3 is 0 Å². The molecule has 2 heterocycles. The van der Waals surface area contributed by atoms with Crippen LogP contribution in [0.4, 0.5) is 11.6 Å². The fraction of sp³-hybridized carbons (Fsp3) is 0.417. The van der Waals surface area contributed by atoms with E-state index in [4.69, 9.17) is 0 Å². The number of rotatable bonds is 2. The van der Waals surface area contributed by atoms with E-state index in [0.717, 1.165) is 19.4 Å². The van der Waals surface area contributed by atoms with Crippen LogP contribution < -0.4 is 4.90 Å². The summed E-state index contributed by atoms with van der Waals surface area (Å²) >= 11 is 0. The lowest BCUT2D eigenvalue weighted by atomic mass is 10.1. The van der Waals surface area contributed by atoms with Crippen molar-refractivity contribution < 1.29 is 10.0 Å². The molecule has 0 radical (unpaired) electrons. The van der Waals surface area contributed by atoms with Crippen LogP contribution in [0.1, 0.15) is 12.8 Å². The van der Waals surface area contributed by atoms with Gasteiger partial charge in [-0.3, -0.25) is 10.1 Å². The quantitative estimate of drug-likeness (QED) is 0.630. The topological polar surface area (TPSA) is 95.3 Å². The summed E-state index contributed by atoms with van der Waals surface area (Å²) in [6, 6.07) is 4.55. The van der Waals surface area contributed by atoms with Crippen molar-refractivity contribution in [1.82, 2.24) is 9.97 Å². The van der Waals surface area contributed by atoms with E-state index in [-0.39, 0.29) is 11.8 Å². The third-order valence-electron chi connectivity index (χ3n) is 3.36. The Morgan fingerprint density at radius 2 is 2.37 bits per heavy atom. The minimum Gasteiger partial charge on any atom is -0.391 e. The highest BCUT2D eigenvalue weighted by Crippen LogP contribution is 2.24. The van der Waals surface area contributed by atoms with Gasteiger partial charge in [0.25, 0.3) is 5.69 Å². The maximum absolute atomic E-state index is 10.7. The first-order chi connectivity index (χ1) is 9.13. The molecule has 1 aromatic heterocycles. The number of hydrogen-bond donors (Lipinski definition) is 2. The Bertz CT molecular complexity index is 624. The number of aliphatic hydroxyl groups excluding tert-OH is 1. The molecule has 0 amide bonds. The summed E-state index contributed by atoms with van der Waals surface area (Å²) in [5.41, 5.74) is 1.38. The van der Waals surface area contributed by atoms with Crippen molar-refractivity contribution in [3.05, 3.63) is 28.3 Å². The van der Waals surface area contributed by atoms with Crippen LogP contribution in [0.3, 0.4) is 0 Å². The number of H-pyrrole nitrogens is 1. The molecular formula is C12H14N4O3. The molecular weight excluding hydrogens is 248 g/mol. The van der Waals surface area contributed by atoms with Crippen LogP contribution in [0.15, 0.2) is 18.2 Å². The first-order valence-electron chi connectivity index (χ1n) is 6.20. The summed E-state index contributed by atoms with van der Waals surface area (Å²) in [6.45, 7) is 1.38. The summed E-state index contributed by atoms with van der Waals surface area (Å²) in [6.07, 6.45) is 1.39. The minimum absolute atomic E-state index is 0.0429. The van der Waals surface area contributed by atoms with Gasteiger partial charge in [0.2, 0.25) is 5.95 Å². The highest BCUT2D eigenvalue weighted by molar-refractivity contribution is 5.80. The maximum Gasteiger partial charge on any atom is 0.271 e. The Kier molecular flexibility index (Phi) is 2.83. The van der Waals surface area contributed by atoms with Crippen molar-refractivity contribution in [2.24, 2.45) is 0 Å². The van der Waals surface area contributed by atoms with Crippen LogP contribution in [0.2, 0.25) is 0 Å². The van der Waals surface area contributed by atoms with Gasteiger partial charge in [0.05, 0.1) is 22.1 Å². The summed E-state index contributed by atoms with van der Waals surface area (Å²) in [5.74, 6) is 0.661. The van der Waals surface area contributed by atoms with Gasteiger partial charge in [-0.15, -0.1) is 0 Å². The number of aromatic amines is 1. The second kappa shape index (κ2) is 4.51. The smallest absolute Gasteiger partial charge is 0.271 e. The highest BCUT2D eigenvalue weighted by atomic mass is 16.6. The molecule has 1 fully saturated rings.